The fourth-order valence-corrected chi connectivity index (χ4v) is 5.33. The predicted octanol–water partition coefficient (Wildman–Crippen LogP) is 2.67. The lowest BCUT2D eigenvalue weighted by Crippen LogP contribution is -2.64. The second kappa shape index (κ2) is 4.90. The molecule has 1 spiro atoms. The lowest BCUT2D eigenvalue weighted by Gasteiger charge is -2.57. The van der Waals surface area contributed by atoms with Crippen LogP contribution >= 0.6 is 0 Å². The van der Waals surface area contributed by atoms with E-state index < -0.39 is 0 Å². The average molecular weight is 313 g/mol. The number of ether oxygens (including phenoxy) is 1. The number of nitrogens with zero attached hydrogens (tertiary/aromatic N) is 3. The zero-order valence-corrected chi connectivity index (χ0v) is 13.5. The van der Waals surface area contributed by atoms with Crippen LogP contribution in [0.15, 0.2) is 6.33 Å². The van der Waals surface area contributed by atoms with E-state index in [1.807, 2.05) is 0 Å². The smallest absolute Gasteiger partial charge is 0.186 e. The molecule has 1 saturated heterocycles. The van der Waals surface area contributed by atoms with Crippen molar-refractivity contribution in [2.45, 2.75) is 57.6 Å². The van der Waals surface area contributed by atoms with Crippen molar-refractivity contribution >= 4 is 16.9 Å². The molecule has 6 heteroatoms. The Balaban J connectivity index is 1.53. The third-order valence-corrected chi connectivity index (χ3v) is 6.36. The van der Waals surface area contributed by atoms with Crippen LogP contribution in [0.25, 0.3) is 11.0 Å². The van der Waals surface area contributed by atoms with E-state index in [1.54, 1.807) is 6.33 Å². The van der Waals surface area contributed by atoms with Crippen molar-refractivity contribution < 1.29 is 4.74 Å². The summed E-state index contributed by atoms with van der Waals surface area (Å²) < 4.78 is 6.08. The fraction of sp³-hybridized carbons (Fsp3) is 0.706. The summed E-state index contributed by atoms with van der Waals surface area (Å²) in [6.07, 6.45) is 9.39. The van der Waals surface area contributed by atoms with Gasteiger partial charge in [0.25, 0.3) is 0 Å². The Morgan fingerprint density at radius 2 is 2.22 bits per heavy atom. The summed E-state index contributed by atoms with van der Waals surface area (Å²) in [6, 6.07) is 0.482. The van der Waals surface area contributed by atoms with Gasteiger partial charge in [-0.25, -0.2) is 9.97 Å². The van der Waals surface area contributed by atoms with Crippen molar-refractivity contribution in [3.8, 4) is 0 Å². The van der Waals surface area contributed by atoms with Crippen LogP contribution < -0.4 is 5.32 Å². The summed E-state index contributed by atoms with van der Waals surface area (Å²) in [6.45, 7) is 3.05. The van der Waals surface area contributed by atoms with Crippen LogP contribution in [-0.4, -0.2) is 38.9 Å². The Kier molecular flexibility index (Phi) is 2.92. The largest absolute Gasteiger partial charge is 0.377 e. The second-order valence-electron chi connectivity index (χ2n) is 7.28. The first-order chi connectivity index (χ1) is 11.3. The van der Waals surface area contributed by atoms with Crippen LogP contribution in [-0.2, 0) is 11.2 Å². The van der Waals surface area contributed by atoms with E-state index in [0.717, 1.165) is 35.6 Å². The number of anilines is 1. The van der Waals surface area contributed by atoms with E-state index in [1.165, 1.54) is 32.1 Å². The topological polar surface area (TPSA) is 75.7 Å². The number of rotatable bonds is 3. The fourth-order valence-electron chi connectivity index (χ4n) is 5.33. The lowest BCUT2D eigenvalue weighted by molar-refractivity contribution is -0.111. The summed E-state index contributed by atoms with van der Waals surface area (Å²) >= 11 is 0. The Morgan fingerprint density at radius 1 is 1.35 bits per heavy atom. The maximum absolute atomic E-state index is 6.08. The van der Waals surface area contributed by atoms with E-state index in [2.05, 4.69) is 32.4 Å². The third kappa shape index (κ3) is 1.75. The molecule has 3 heterocycles. The molecule has 0 aromatic carbocycles. The Labute approximate surface area is 135 Å². The summed E-state index contributed by atoms with van der Waals surface area (Å²) in [7, 11) is 0. The van der Waals surface area contributed by atoms with E-state index in [0.29, 0.717) is 23.5 Å². The number of nitrogens with one attached hydrogen (secondary N) is 2. The van der Waals surface area contributed by atoms with Gasteiger partial charge in [-0.3, -0.25) is 5.10 Å². The molecule has 2 aliphatic carbocycles. The van der Waals surface area contributed by atoms with Crippen molar-refractivity contribution in [3.05, 3.63) is 12.0 Å². The van der Waals surface area contributed by atoms with Gasteiger partial charge >= 0.3 is 0 Å². The SMILES string of the molecule is CCc1[nH]nc2ncnc(NC3C4CCOC4C34CCCC4)c12. The van der Waals surface area contributed by atoms with Crippen LogP contribution in [0.4, 0.5) is 5.82 Å². The molecular weight excluding hydrogens is 290 g/mol. The number of aryl methyl sites for hydroxylation is 1. The molecule has 23 heavy (non-hydrogen) atoms. The first-order valence-corrected chi connectivity index (χ1v) is 8.89. The van der Waals surface area contributed by atoms with Gasteiger partial charge in [0.05, 0.1) is 11.5 Å². The van der Waals surface area contributed by atoms with Crippen LogP contribution in [0.1, 0.15) is 44.7 Å². The number of hydrogen-bond donors (Lipinski definition) is 2. The zero-order valence-electron chi connectivity index (χ0n) is 13.5. The standard InChI is InChI=1S/C17H23N5O/c1-2-11-12-15(18-9-19-16(12)22-21-11)20-13-10-5-8-23-14(10)17(13)6-3-4-7-17/h9-10,13-14H,2-8H2,1H3,(H2,18,19,20,21,22). The van der Waals surface area contributed by atoms with Crippen molar-refractivity contribution in [2.24, 2.45) is 11.3 Å². The number of aromatic nitrogens is 4. The van der Waals surface area contributed by atoms with Gasteiger partial charge in [0.1, 0.15) is 12.1 Å². The molecule has 3 unspecified atom stereocenters. The molecule has 2 N–H and O–H groups in total. The first kappa shape index (κ1) is 13.7. The molecule has 6 nitrogen and oxygen atoms in total. The molecular formula is C17H23N5O. The normalized spacial score (nSPS) is 31.4. The quantitative estimate of drug-likeness (QED) is 0.911. The van der Waals surface area contributed by atoms with E-state index in [4.69, 9.17) is 4.74 Å². The molecule has 2 saturated carbocycles. The third-order valence-electron chi connectivity index (χ3n) is 6.36. The molecule has 1 aliphatic heterocycles. The van der Waals surface area contributed by atoms with Gasteiger partial charge in [0.15, 0.2) is 5.65 Å². The molecule has 122 valence electrons. The summed E-state index contributed by atoms with van der Waals surface area (Å²) in [5.74, 6) is 1.58. The monoisotopic (exact) mass is 313 g/mol. The summed E-state index contributed by atoms with van der Waals surface area (Å²) in [4.78, 5) is 8.85. The molecule has 5 rings (SSSR count). The highest BCUT2D eigenvalue weighted by Gasteiger charge is 2.65. The van der Waals surface area contributed by atoms with E-state index >= 15 is 0 Å². The van der Waals surface area contributed by atoms with Gasteiger partial charge in [-0.1, -0.05) is 19.8 Å². The number of aromatic amines is 1. The van der Waals surface area contributed by atoms with Crippen molar-refractivity contribution in [2.75, 3.05) is 11.9 Å². The van der Waals surface area contributed by atoms with E-state index in [9.17, 15) is 0 Å². The van der Waals surface area contributed by atoms with Gasteiger partial charge in [-0.05, 0) is 25.7 Å². The first-order valence-electron chi connectivity index (χ1n) is 8.89. The second-order valence-corrected chi connectivity index (χ2v) is 7.28. The molecule has 0 radical (unpaired) electrons. The van der Waals surface area contributed by atoms with Crippen LogP contribution in [0, 0.1) is 11.3 Å². The molecule has 0 amide bonds. The molecule has 3 atom stereocenters. The average Bonchev–Trinajstić information content (AvgIpc) is 3.29. The molecule has 2 aromatic heterocycles. The summed E-state index contributed by atoms with van der Waals surface area (Å²) in [5.41, 5.74) is 2.20. The molecule has 0 bridgehead atoms. The molecule has 2 aromatic rings. The highest BCUT2D eigenvalue weighted by atomic mass is 16.5. The van der Waals surface area contributed by atoms with Gasteiger partial charge < -0.3 is 10.1 Å². The molecule has 3 aliphatic rings. The Hall–Kier alpha value is -1.69. The van der Waals surface area contributed by atoms with Crippen LogP contribution in [0.3, 0.4) is 0 Å². The minimum Gasteiger partial charge on any atom is -0.377 e. The van der Waals surface area contributed by atoms with Crippen molar-refractivity contribution in [3.63, 3.8) is 0 Å². The van der Waals surface area contributed by atoms with Crippen molar-refractivity contribution in [1.29, 1.82) is 0 Å². The van der Waals surface area contributed by atoms with Crippen LogP contribution in [0.5, 0.6) is 0 Å². The summed E-state index contributed by atoms with van der Waals surface area (Å²) in [5, 5.41) is 12.3. The van der Waals surface area contributed by atoms with Gasteiger partial charge in [0, 0.05) is 29.7 Å². The number of H-pyrrole nitrogens is 1. The van der Waals surface area contributed by atoms with E-state index in [-0.39, 0.29) is 0 Å². The number of fused-ring (bicyclic) bond motifs is 3. The minimum absolute atomic E-state index is 0.328. The highest BCUT2D eigenvalue weighted by molar-refractivity contribution is 5.89. The van der Waals surface area contributed by atoms with Gasteiger partial charge in [0.2, 0.25) is 0 Å². The van der Waals surface area contributed by atoms with Gasteiger partial charge in [-0.15, -0.1) is 0 Å². The Morgan fingerprint density at radius 3 is 3.04 bits per heavy atom. The molecule has 3 fully saturated rings. The van der Waals surface area contributed by atoms with Crippen molar-refractivity contribution in [1.82, 2.24) is 20.2 Å². The zero-order chi connectivity index (χ0) is 15.4. The maximum atomic E-state index is 6.08. The van der Waals surface area contributed by atoms with Gasteiger partial charge in [-0.2, -0.15) is 5.10 Å². The minimum atomic E-state index is 0.328. The highest BCUT2D eigenvalue weighted by Crippen LogP contribution is 2.61. The van der Waals surface area contributed by atoms with Crippen LogP contribution in [0.2, 0.25) is 0 Å². The predicted molar refractivity (Wildman–Crippen MR) is 87.2 cm³/mol. The number of hydrogen-bond acceptors (Lipinski definition) is 5. The Bertz CT molecular complexity index is 736. The lowest BCUT2D eigenvalue weighted by atomic mass is 9.54. The maximum Gasteiger partial charge on any atom is 0.186 e.